The smallest absolute Gasteiger partial charge is 0.254 e. The lowest BCUT2D eigenvalue weighted by Crippen LogP contribution is -2.28. The van der Waals surface area contributed by atoms with Crippen molar-refractivity contribution in [3.05, 3.63) is 76.7 Å². The predicted octanol–water partition coefficient (Wildman–Crippen LogP) is 4.68. The number of hydrogen-bond donors (Lipinski definition) is 2. The second-order valence-corrected chi connectivity index (χ2v) is 9.99. The van der Waals surface area contributed by atoms with Gasteiger partial charge in [-0.3, -0.25) is 9.69 Å². The van der Waals surface area contributed by atoms with Crippen LogP contribution in [0.2, 0.25) is 0 Å². The first kappa shape index (κ1) is 23.0. The predicted molar refractivity (Wildman–Crippen MR) is 143 cm³/mol. The van der Waals surface area contributed by atoms with Crippen molar-refractivity contribution in [2.45, 2.75) is 45.2 Å². The Balaban J connectivity index is 0.00000240. The number of rotatable bonds is 4. The number of amides is 1. The van der Waals surface area contributed by atoms with Crippen molar-refractivity contribution in [3.8, 4) is 11.1 Å². The minimum absolute atomic E-state index is 0. The summed E-state index contributed by atoms with van der Waals surface area (Å²) in [5.74, 6) is 0.747. The molecule has 1 aliphatic carbocycles. The third-order valence-corrected chi connectivity index (χ3v) is 7.62. The number of halogens is 1. The van der Waals surface area contributed by atoms with Gasteiger partial charge in [0.2, 0.25) is 0 Å². The van der Waals surface area contributed by atoms with Crippen molar-refractivity contribution in [2.75, 3.05) is 18.4 Å². The van der Waals surface area contributed by atoms with Crippen LogP contribution in [0.5, 0.6) is 0 Å². The lowest BCUT2D eigenvalue weighted by molar-refractivity contribution is 0.0966. The van der Waals surface area contributed by atoms with Crippen LogP contribution in [0.4, 0.5) is 11.5 Å². The molecule has 0 saturated heterocycles. The lowest BCUT2D eigenvalue weighted by Gasteiger charge is -2.18. The van der Waals surface area contributed by atoms with Crippen LogP contribution in [0.3, 0.4) is 0 Å². The molecule has 0 atom stereocenters. The van der Waals surface area contributed by atoms with Crippen LogP contribution in [-0.4, -0.2) is 44.5 Å². The summed E-state index contributed by atoms with van der Waals surface area (Å²) in [6, 6.07) is 13.3. The van der Waals surface area contributed by atoms with E-state index in [1.165, 1.54) is 24.1 Å². The SMILES string of the molecule is Cc1ccc2c(-c3ccc(Nc4ccc5c(n4)CCN(C4CC4)CC5)c4c3CNC4=O)cnn2c1.Cl. The quantitative estimate of drug-likeness (QED) is 0.425. The number of nitrogens with zero attached hydrogens (tertiary/aromatic N) is 4. The molecular formula is C28H29ClN6O. The van der Waals surface area contributed by atoms with Gasteiger partial charge >= 0.3 is 0 Å². The summed E-state index contributed by atoms with van der Waals surface area (Å²) in [7, 11) is 0. The van der Waals surface area contributed by atoms with E-state index in [-0.39, 0.29) is 18.3 Å². The average Bonchev–Trinajstić information content (AvgIpc) is 3.56. The molecule has 0 spiro atoms. The fourth-order valence-electron chi connectivity index (χ4n) is 5.61. The van der Waals surface area contributed by atoms with Crippen LogP contribution in [0.25, 0.3) is 16.6 Å². The third-order valence-electron chi connectivity index (χ3n) is 7.62. The molecule has 1 saturated carbocycles. The number of fused-ring (bicyclic) bond motifs is 3. The summed E-state index contributed by atoms with van der Waals surface area (Å²) in [4.78, 5) is 20.5. The average molecular weight is 501 g/mol. The molecule has 3 aliphatic rings. The van der Waals surface area contributed by atoms with E-state index in [0.29, 0.717) is 12.1 Å². The molecule has 0 bridgehead atoms. The van der Waals surface area contributed by atoms with Gasteiger partial charge in [0.15, 0.2) is 0 Å². The van der Waals surface area contributed by atoms with Gasteiger partial charge in [0.1, 0.15) is 5.82 Å². The van der Waals surface area contributed by atoms with Crippen molar-refractivity contribution < 1.29 is 4.79 Å². The van der Waals surface area contributed by atoms with Crippen LogP contribution in [0.15, 0.2) is 48.8 Å². The van der Waals surface area contributed by atoms with Gasteiger partial charge in [-0.2, -0.15) is 5.10 Å². The van der Waals surface area contributed by atoms with Crippen molar-refractivity contribution >= 4 is 35.3 Å². The number of carbonyl (C=O) groups is 1. The topological polar surface area (TPSA) is 74.6 Å². The van der Waals surface area contributed by atoms with Crippen LogP contribution in [0.1, 0.15) is 45.6 Å². The Hall–Kier alpha value is -3.42. The Labute approximate surface area is 216 Å². The third kappa shape index (κ3) is 3.92. The Kier molecular flexibility index (Phi) is 5.69. The van der Waals surface area contributed by atoms with Gasteiger partial charge in [0.05, 0.1) is 23.0 Å². The van der Waals surface area contributed by atoms with E-state index < -0.39 is 0 Å². The number of aromatic nitrogens is 3. The molecule has 7 rings (SSSR count). The van der Waals surface area contributed by atoms with E-state index >= 15 is 0 Å². The molecule has 8 heteroatoms. The van der Waals surface area contributed by atoms with Gasteiger partial charge in [-0.25, -0.2) is 9.50 Å². The zero-order valence-corrected chi connectivity index (χ0v) is 21.1. The standard InChI is InChI=1S/C28H28N6O.ClH/c1-17-2-8-25-21(15-30-34(25)16-17)20-6-7-24(27-22(20)14-29-28(27)35)32-26-9-3-18-10-12-33(19-4-5-19)13-11-23(18)31-26;/h2-3,6-9,15-16,19H,4-5,10-14H2,1H3,(H,29,35)(H,31,32);1H. The summed E-state index contributed by atoms with van der Waals surface area (Å²) in [6.07, 6.45) is 8.63. The Morgan fingerprint density at radius 2 is 1.89 bits per heavy atom. The summed E-state index contributed by atoms with van der Waals surface area (Å²) in [5.41, 5.74) is 9.29. The summed E-state index contributed by atoms with van der Waals surface area (Å²) >= 11 is 0. The molecule has 1 amide bonds. The van der Waals surface area contributed by atoms with E-state index in [1.54, 1.807) is 0 Å². The van der Waals surface area contributed by atoms with Crippen LogP contribution < -0.4 is 10.6 Å². The number of hydrogen-bond acceptors (Lipinski definition) is 5. The molecule has 36 heavy (non-hydrogen) atoms. The Morgan fingerprint density at radius 1 is 1.03 bits per heavy atom. The van der Waals surface area contributed by atoms with Crippen molar-refractivity contribution in [2.24, 2.45) is 0 Å². The number of benzene rings is 1. The van der Waals surface area contributed by atoms with Crippen LogP contribution in [0, 0.1) is 6.92 Å². The molecule has 5 heterocycles. The first-order chi connectivity index (χ1) is 17.1. The van der Waals surface area contributed by atoms with E-state index in [0.717, 1.165) is 71.2 Å². The zero-order chi connectivity index (χ0) is 23.5. The molecule has 184 valence electrons. The van der Waals surface area contributed by atoms with Gasteiger partial charge in [0, 0.05) is 49.6 Å². The minimum atomic E-state index is -0.0495. The molecule has 2 aliphatic heterocycles. The van der Waals surface area contributed by atoms with Gasteiger partial charge in [-0.1, -0.05) is 18.2 Å². The Bertz CT molecular complexity index is 1490. The molecule has 1 aromatic carbocycles. The highest BCUT2D eigenvalue weighted by atomic mass is 35.5. The van der Waals surface area contributed by atoms with E-state index in [2.05, 4.69) is 51.8 Å². The zero-order valence-electron chi connectivity index (χ0n) is 20.3. The highest BCUT2D eigenvalue weighted by molar-refractivity contribution is 6.06. The normalized spacial score (nSPS) is 17.2. The van der Waals surface area contributed by atoms with E-state index in [9.17, 15) is 4.79 Å². The number of aryl methyl sites for hydroxylation is 1. The molecule has 4 aromatic rings. The fraction of sp³-hybridized carbons (Fsp3) is 0.321. The minimum Gasteiger partial charge on any atom is -0.348 e. The van der Waals surface area contributed by atoms with E-state index in [4.69, 9.17) is 4.98 Å². The summed E-state index contributed by atoms with van der Waals surface area (Å²) in [6.45, 7) is 4.78. The van der Waals surface area contributed by atoms with Gasteiger partial charge in [0.25, 0.3) is 5.91 Å². The van der Waals surface area contributed by atoms with Crippen molar-refractivity contribution in [3.63, 3.8) is 0 Å². The molecule has 3 aromatic heterocycles. The lowest BCUT2D eigenvalue weighted by atomic mass is 9.96. The van der Waals surface area contributed by atoms with Crippen LogP contribution >= 0.6 is 12.4 Å². The molecule has 1 fully saturated rings. The van der Waals surface area contributed by atoms with Crippen molar-refractivity contribution in [1.82, 2.24) is 24.8 Å². The number of anilines is 2. The fourth-order valence-corrected chi connectivity index (χ4v) is 5.61. The molecule has 2 N–H and O–H groups in total. The molecular weight excluding hydrogens is 472 g/mol. The van der Waals surface area contributed by atoms with Crippen LogP contribution in [-0.2, 0) is 19.4 Å². The van der Waals surface area contributed by atoms with Gasteiger partial charge in [-0.15, -0.1) is 12.4 Å². The number of carbonyl (C=O) groups excluding carboxylic acids is 1. The highest BCUT2D eigenvalue weighted by Crippen LogP contribution is 2.37. The Morgan fingerprint density at radius 3 is 2.75 bits per heavy atom. The van der Waals surface area contributed by atoms with Gasteiger partial charge in [-0.05, 0) is 66.6 Å². The summed E-state index contributed by atoms with van der Waals surface area (Å²) in [5, 5.41) is 11.0. The maximum Gasteiger partial charge on any atom is 0.254 e. The first-order valence-electron chi connectivity index (χ1n) is 12.5. The monoisotopic (exact) mass is 500 g/mol. The van der Waals surface area contributed by atoms with Gasteiger partial charge < -0.3 is 10.6 Å². The maximum absolute atomic E-state index is 12.9. The first-order valence-corrected chi connectivity index (χ1v) is 12.5. The second kappa shape index (κ2) is 8.91. The molecule has 0 radical (unpaired) electrons. The van der Waals surface area contributed by atoms with Crippen molar-refractivity contribution in [1.29, 1.82) is 0 Å². The largest absolute Gasteiger partial charge is 0.348 e. The summed E-state index contributed by atoms with van der Waals surface area (Å²) < 4.78 is 1.90. The highest BCUT2D eigenvalue weighted by Gasteiger charge is 2.30. The maximum atomic E-state index is 12.9. The molecule has 7 nitrogen and oxygen atoms in total. The number of pyridine rings is 2. The second-order valence-electron chi connectivity index (χ2n) is 9.99. The molecule has 0 unspecified atom stereocenters. The number of nitrogens with one attached hydrogen (secondary N) is 2. The van der Waals surface area contributed by atoms with E-state index in [1.807, 2.05) is 29.0 Å².